The van der Waals surface area contributed by atoms with Gasteiger partial charge in [0, 0.05) is 34.3 Å². The molecule has 0 atom stereocenters. The first-order chi connectivity index (χ1) is 9.47. The van der Waals surface area contributed by atoms with Crippen molar-refractivity contribution >= 4 is 50.4 Å². The second kappa shape index (κ2) is 6.57. The summed E-state index contributed by atoms with van der Waals surface area (Å²) in [5.74, 6) is 0. The van der Waals surface area contributed by atoms with E-state index in [4.69, 9.17) is 29.6 Å². The molecule has 2 rings (SSSR count). The minimum atomic E-state index is 0.373. The normalized spacial score (nSPS) is 10.3. The molecule has 0 unspecified atom stereocenters. The average Bonchev–Trinajstić information content (AvgIpc) is 2.38. The van der Waals surface area contributed by atoms with Gasteiger partial charge >= 0.3 is 0 Å². The maximum Gasteiger partial charge on any atom is 0.106 e. The van der Waals surface area contributed by atoms with Crippen molar-refractivity contribution in [2.45, 2.75) is 6.54 Å². The first-order valence-electron chi connectivity index (χ1n) is 6.02. The molecular weight excluding hydrogens is 356 g/mol. The van der Waals surface area contributed by atoms with E-state index in [2.05, 4.69) is 33.0 Å². The highest BCUT2D eigenvalue weighted by atomic mass is 79.9. The van der Waals surface area contributed by atoms with Crippen molar-refractivity contribution in [2.24, 2.45) is 5.73 Å². The number of halogens is 2. The van der Waals surface area contributed by atoms with Gasteiger partial charge in [0.1, 0.15) is 4.99 Å². The monoisotopic (exact) mass is 368 g/mol. The van der Waals surface area contributed by atoms with E-state index in [0.717, 1.165) is 22.3 Å². The topological polar surface area (TPSA) is 29.3 Å². The largest absolute Gasteiger partial charge is 0.389 e. The highest BCUT2D eigenvalue weighted by Crippen LogP contribution is 2.26. The highest BCUT2D eigenvalue weighted by molar-refractivity contribution is 9.10. The Bertz CT molecular complexity index is 646. The summed E-state index contributed by atoms with van der Waals surface area (Å²) in [6, 6.07) is 13.7. The van der Waals surface area contributed by atoms with Crippen LogP contribution < -0.4 is 10.6 Å². The molecular formula is C15H14BrClN2S. The summed E-state index contributed by atoms with van der Waals surface area (Å²) in [7, 11) is 1.99. The third-order valence-corrected chi connectivity index (χ3v) is 3.89. The number of thiocarbonyl (C=S) groups is 1. The van der Waals surface area contributed by atoms with Gasteiger partial charge in [-0.1, -0.05) is 51.9 Å². The average molecular weight is 370 g/mol. The summed E-state index contributed by atoms with van der Waals surface area (Å²) >= 11 is 14.7. The van der Waals surface area contributed by atoms with Gasteiger partial charge in [0.05, 0.1) is 0 Å². The molecule has 5 heteroatoms. The molecule has 0 aliphatic heterocycles. The lowest BCUT2D eigenvalue weighted by atomic mass is 10.1. The molecule has 2 nitrogen and oxygen atoms in total. The summed E-state index contributed by atoms with van der Waals surface area (Å²) in [6.07, 6.45) is 0. The van der Waals surface area contributed by atoms with Gasteiger partial charge in [0.25, 0.3) is 0 Å². The van der Waals surface area contributed by atoms with Crippen LogP contribution in [0.25, 0.3) is 0 Å². The Balaban J connectivity index is 2.31. The molecule has 0 fully saturated rings. The molecule has 0 aliphatic carbocycles. The van der Waals surface area contributed by atoms with Crippen LogP contribution in [0.4, 0.5) is 5.69 Å². The fraction of sp³-hybridized carbons (Fsp3) is 0.133. The Kier molecular flexibility index (Phi) is 5.02. The van der Waals surface area contributed by atoms with Gasteiger partial charge in [-0.2, -0.15) is 0 Å². The van der Waals surface area contributed by atoms with Gasteiger partial charge < -0.3 is 10.6 Å². The number of anilines is 1. The van der Waals surface area contributed by atoms with Gasteiger partial charge in [0.2, 0.25) is 0 Å². The predicted octanol–water partition coefficient (Wildman–Crippen LogP) is 4.37. The number of nitrogens with two attached hydrogens (primary N) is 1. The van der Waals surface area contributed by atoms with E-state index in [1.165, 1.54) is 5.56 Å². The second-order valence-electron chi connectivity index (χ2n) is 4.51. The summed E-state index contributed by atoms with van der Waals surface area (Å²) in [6.45, 7) is 0.745. The summed E-state index contributed by atoms with van der Waals surface area (Å²) < 4.78 is 1.06. The van der Waals surface area contributed by atoms with Crippen LogP contribution in [0.1, 0.15) is 11.1 Å². The summed E-state index contributed by atoms with van der Waals surface area (Å²) in [5, 5.41) is 0.668. The number of rotatable bonds is 4. The molecule has 0 bridgehead atoms. The van der Waals surface area contributed by atoms with Gasteiger partial charge in [-0.15, -0.1) is 0 Å². The molecule has 104 valence electrons. The van der Waals surface area contributed by atoms with E-state index in [1.807, 2.05) is 31.3 Å². The first kappa shape index (κ1) is 15.3. The Labute approximate surface area is 137 Å². The van der Waals surface area contributed by atoms with Crippen molar-refractivity contribution < 1.29 is 0 Å². The van der Waals surface area contributed by atoms with E-state index in [-0.39, 0.29) is 0 Å². The second-order valence-corrected chi connectivity index (χ2v) is 6.30. The Hall–Kier alpha value is -1.10. The van der Waals surface area contributed by atoms with E-state index >= 15 is 0 Å². The fourth-order valence-electron chi connectivity index (χ4n) is 2.02. The van der Waals surface area contributed by atoms with Gasteiger partial charge in [-0.05, 0) is 35.9 Å². The third-order valence-electron chi connectivity index (χ3n) is 2.95. The lowest BCUT2D eigenvalue weighted by molar-refractivity contribution is 0.921. The zero-order valence-corrected chi connectivity index (χ0v) is 14.1. The van der Waals surface area contributed by atoms with Crippen molar-refractivity contribution in [3.63, 3.8) is 0 Å². The third kappa shape index (κ3) is 3.72. The van der Waals surface area contributed by atoms with Crippen LogP contribution in [0, 0.1) is 0 Å². The standard InChI is InChI=1S/C15H14BrClN2S/c1-19(9-10-3-2-4-11(16)7-10)14-8-12(17)5-6-13(14)15(18)20/h2-8H,9H2,1H3,(H2,18,20). The Morgan fingerprint density at radius 2 is 2.05 bits per heavy atom. The minimum absolute atomic E-state index is 0.373. The minimum Gasteiger partial charge on any atom is -0.389 e. The lowest BCUT2D eigenvalue weighted by Crippen LogP contribution is -2.21. The molecule has 20 heavy (non-hydrogen) atoms. The van der Waals surface area contributed by atoms with Crippen molar-refractivity contribution in [1.82, 2.24) is 0 Å². The van der Waals surface area contributed by atoms with Crippen LogP contribution in [0.3, 0.4) is 0 Å². The maximum atomic E-state index is 6.08. The van der Waals surface area contributed by atoms with Crippen LogP contribution >= 0.6 is 39.7 Å². The van der Waals surface area contributed by atoms with Gasteiger partial charge in [-0.3, -0.25) is 0 Å². The molecule has 0 aliphatic rings. The molecule has 0 aromatic heterocycles. The van der Waals surface area contributed by atoms with E-state index < -0.39 is 0 Å². The fourth-order valence-corrected chi connectivity index (χ4v) is 2.81. The lowest BCUT2D eigenvalue weighted by Gasteiger charge is -2.22. The van der Waals surface area contributed by atoms with Crippen molar-refractivity contribution in [3.8, 4) is 0 Å². The quantitative estimate of drug-likeness (QED) is 0.811. The SMILES string of the molecule is CN(Cc1cccc(Br)c1)c1cc(Cl)ccc1C(N)=S. The van der Waals surface area contributed by atoms with E-state index in [9.17, 15) is 0 Å². The molecule has 0 saturated carbocycles. The molecule has 0 radical (unpaired) electrons. The van der Waals surface area contributed by atoms with Crippen molar-refractivity contribution in [1.29, 1.82) is 0 Å². The Morgan fingerprint density at radius 1 is 1.30 bits per heavy atom. The van der Waals surface area contributed by atoms with Crippen LogP contribution in [0.5, 0.6) is 0 Å². The zero-order valence-electron chi connectivity index (χ0n) is 10.9. The molecule has 0 saturated heterocycles. The van der Waals surface area contributed by atoms with Gasteiger partial charge in [-0.25, -0.2) is 0 Å². The number of hydrogen-bond acceptors (Lipinski definition) is 2. The smallest absolute Gasteiger partial charge is 0.106 e. The predicted molar refractivity (Wildman–Crippen MR) is 93.6 cm³/mol. The zero-order chi connectivity index (χ0) is 14.7. The highest BCUT2D eigenvalue weighted by Gasteiger charge is 2.11. The van der Waals surface area contributed by atoms with Crippen LogP contribution in [0.15, 0.2) is 46.9 Å². The van der Waals surface area contributed by atoms with E-state index in [0.29, 0.717) is 10.0 Å². The van der Waals surface area contributed by atoms with Crippen LogP contribution in [0.2, 0.25) is 5.02 Å². The van der Waals surface area contributed by atoms with Crippen LogP contribution in [-0.2, 0) is 6.54 Å². The first-order valence-corrected chi connectivity index (χ1v) is 7.60. The molecule has 0 spiro atoms. The van der Waals surface area contributed by atoms with Gasteiger partial charge in [0.15, 0.2) is 0 Å². The maximum absolute atomic E-state index is 6.08. The summed E-state index contributed by atoms with van der Waals surface area (Å²) in [5.41, 5.74) is 8.73. The summed E-state index contributed by atoms with van der Waals surface area (Å²) in [4.78, 5) is 2.46. The van der Waals surface area contributed by atoms with Crippen molar-refractivity contribution in [3.05, 3.63) is 63.1 Å². The Morgan fingerprint density at radius 3 is 2.70 bits per heavy atom. The van der Waals surface area contributed by atoms with Crippen molar-refractivity contribution in [2.75, 3.05) is 11.9 Å². The molecule has 2 aromatic rings. The molecule has 2 N–H and O–H groups in total. The molecule has 0 heterocycles. The molecule has 2 aromatic carbocycles. The van der Waals surface area contributed by atoms with Crippen LogP contribution in [-0.4, -0.2) is 12.0 Å². The van der Waals surface area contributed by atoms with E-state index in [1.54, 1.807) is 6.07 Å². The molecule has 0 amide bonds. The number of hydrogen-bond donors (Lipinski definition) is 1. The number of benzene rings is 2. The number of nitrogens with zero attached hydrogens (tertiary/aromatic N) is 1.